The molecule has 1 fully saturated rings. The number of nitrogens with zero attached hydrogens (tertiary/aromatic N) is 3. The van der Waals surface area contributed by atoms with Crippen LogP contribution in [0.2, 0.25) is 0 Å². The molecule has 2 heterocycles. The lowest BCUT2D eigenvalue weighted by atomic mass is 10.1. The number of carbonyl (C=O) groups excluding carboxylic acids is 2. The van der Waals surface area contributed by atoms with Gasteiger partial charge in [0.2, 0.25) is 0 Å². The predicted molar refractivity (Wildman–Crippen MR) is 84.1 cm³/mol. The van der Waals surface area contributed by atoms with Crippen molar-refractivity contribution in [1.82, 2.24) is 15.0 Å². The van der Waals surface area contributed by atoms with Crippen molar-refractivity contribution in [2.24, 2.45) is 0 Å². The molecule has 0 N–H and O–H groups in total. The largest absolute Gasteiger partial charge is 0.364 e. The molecule has 23 heavy (non-hydrogen) atoms. The van der Waals surface area contributed by atoms with Crippen molar-refractivity contribution in [3.63, 3.8) is 0 Å². The van der Waals surface area contributed by atoms with E-state index in [-0.39, 0.29) is 11.8 Å². The van der Waals surface area contributed by atoms with Gasteiger partial charge in [-0.25, -0.2) is 0 Å². The van der Waals surface area contributed by atoms with Gasteiger partial charge < -0.3 is 14.3 Å². The zero-order valence-electron chi connectivity index (χ0n) is 13.1. The van der Waals surface area contributed by atoms with Crippen LogP contribution in [0.15, 0.2) is 41.1 Å². The monoisotopic (exact) mass is 313 g/mol. The lowest BCUT2D eigenvalue weighted by Crippen LogP contribution is -2.50. The molecule has 0 radical (unpaired) electrons. The Morgan fingerprint density at radius 3 is 2.13 bits per heavy atom. The van der Waals surface area contributed by atoms with Gasteiger partial charge in [0.1, 0.15) is 6.26 Å². The maximum absolute atomic E-state index is 12.5. The second-order valence-corrected chi connectivity index (χ2v) is 5.52. The summed E-state index contributed by atoms with van der Waals surface area (Å²) >= 11 is 0. The first-order valence-electron chi connectivity index (χ1n) is 7.77. The number of aryl methyl sites for hydroxylation is 1. The molecule has 1 aromatic heterocycles. The van der Waals surface area contributed by atoms with Crippen LogP contribution in [0.25, 0.3) is 0 Å². The first-order chi connectivity index (χ1) is 11.2. The Morgan fingerprint density at radius 2 is 1.61 bits per heavy atom. The van der Waals surface area contributed by atoms with Crippen molar-refractivity contribution in [3.8, 4) is 0 Å². The quantitative estimate of drug-likeness (QED) is 0.867. The summed E-state index contributed by atoms with van der Waals surface area (Å²) in [7, 11) is 0. The Hall–Kier alpha value is -2.63. The number of rotatable bonds is 3. The van der Waals surface area contributed by atoms with Crippen LogP contribution in [0.3, 0.4) is 0 Å². The lowest BCUT2D eigenvalue weighted by molar-refractivity contribution is 0.0530. The summed E-state index contributed by atoms with van der Waals surface area (Å²) in [6.45, 7) is 4.15. The number of hydrogen-bond donors (Lipinski definition) is 0. The first-order valence-corrected chi connectivity index (χ1v) is 7.77. The summed E-state index contributed by atoms with van der Waals surface area (Å²) in [6, 6.07) is 9.26. The summed E-state index contributed by atoms with van der Waals surface area (Å²) in [5.74, 6) is -0.140. The van der Waals surface area contributed by atoms with Crippen LogP contribution < -0.4 is 0 Å². The predicted octanol–water partition coefficient (Wildman–Crippen LogP) is 1.84. The van der Waals surface area contributed by atoms with E-state index in [0.717, 1.165) is 6.42 Å². The summed E-state index contributed by atoms with van der Waals surface area (Å²) in [6.07, 6.45) is 2.34. The fraction of sp³-hybridized carbons (Fsp3) is 0.353. The Bertz CT molecular complexity index is 672. The van der Waals surface area contributed by atoms with E-state index in [4.69, 9.17) is 4.52 Å². The molecule has 2 amide bonds. The maximum atomic E-state index is 12.5. The van der Waals surface area contributed by atoms with E-state index in [1.54, 1.807) is 15.9 Å². The van der Waals surface area contributed by atoms with Gasteiger partial charge >= 0.3 is 0 Å². The van der Waals surface area contributed by atoms with Crippen LogP contribution >= 0.6 is 0 Å². The minimum atomic E-state index is -0.154. The highest BCUT2D eigenvalue weighted by Crippen LogP contribution is 2.12. The van der Waals surface area contributed by atoms with Crippen molar-refractivity contribution < 1.29 is 14.1 Å². The zero-order chi connectivity index (χ0) is 16.2. The molecule has 1 saturated heterocycles. The van der Waals surface area contributed by atoms with Gasteiger partial charge in [-0.1, -0.05) is 24.2 Å². The minimum Gasteiger partial charge on any atom is -0.364 e. The standard InChI is InChI=1S/C17H19N3O3/c1-2-13-3-5-14(6-4-13)16(21)19-8-10-20(11-9-19)17(22)15-7-12-23-18-15/h3-7,12H,2,8-11H2,1H3. The van der Waals surface area contributed by atoms with Gasteiger partial charge in [-0.3, -0.25) is 9.59 Å². The van der Waals surface area contributed by atoms with Crippen LogP contribution in [-0.2, 0) is 6.42 Å². The molecular formula is C17H19N3O3. The number of carbonyl (C=O) groups is 2. The summed E-state index contributed by atoms with van der Waals surface area (Å²) in [4.78, 5) is 28.2. The van der Waals surface area contributed by atoms with Crippen molar-refractivity contribution in [3.05, 3.63) is 53.4 Å². The van der Waals surface area contributed by atoms with Crippen molar-refractivity contribution >= 4 is 11.8 Å². The van der Waals surface area contributed by atoms with Crippen LogP contribution in [0.4, 0.5) is 0 Å². The summed E-state index contributed by atoms with van der Waals surface area (Å²) < 4.78 is 4.70. The van der Waals surface area contributed by atoms with E-state index < -0.39 is 0 Å². The lowest BCUT2D eigenvalue weighted by Gasteiger charge is -2.34. The van der Waals surface area contributed by atoms with E-state index in [1.807, 2.05) is 24.3 Å². The van der Waals surface area contributed by atoms with E-state index in [0.29, 0.717) is 37.4 Å². The highest BCUT2D eigenvalue weighted by molar-refractivity contribution is 5.95. The van der Waals surface area contributed by atoms with Crippen molar-refractivity contribution in [2.45, 2.75) is 13.3 Å². The van der Waals surface area contributed by atoms with Crippen LogP contribution in [0.1, 0.15) is 33.3 Å². The average molecular weight is 313 g/mol. The molecule has 2 aromatic rings. The van der Waals surface area contributed by atoms with Crippen molar-refractivity contribution in [2.75, 3.05) is 26.2 Å². The fourth-order valence-corrected chi connectivity index (χ4v) is 2.66. The average Bonchev–Trinajstić information content (AvgIpc) is 3.15. The van der Waals surface area contributed by atoms with Crippen LogP contribution in [0, 0.1) is 0 Å². The smallest absolute Gasteiger partial charge is 0.276 e. The molecule has 6 nitrogen and oxygen atoms in total. The molecule has 6 heteroatoms. The second-order valence-electron chi connectivity index (χ2n) is 5.52. The third-order valence-corrected chi connectivity index (χ3v) is 4.12. The molecule has 0 aliphatic carbocycles. The molecule has 1 aliphatic heterocycles. The highest BCUT2D eigenvalue weighted by Gasteiger charge is 2.26. The molecule has 0 atom stereocenters. The summed E-state index contributed by atoms with van der Waals surface area (Å²) in [5.41, 5.74) is 2.21. The Labute approximate surface area is 134 Å². The fourth-order valence-electron chi connectivity index (χ4n) is 2.66. The normalized spacial score (nSPS) is 14.8. The van der Waals surface area contributed by atoms with E-state index in [1.165, 1.54) is 11.8 Å². The first kappa shape index (κ1) is 15.3. The molecule has 0 saturated carbocycles. The van der Waals surface area contributed by atoms with Gasteiger partial charge in [0.25, 0.3) is 11.8 Å². The Kier molecular flexibility index (Phi) is 4.41. The molecule has 0 bridgehead atoms. The third-order valence-electron chi connectivity index (χ3n) is 4.12. The Balaban J connectivity index is 1.59. The molecule has 1 aliphatic rings. The highest BCUT2D eigenvalue weighted by atomic mass is 16.5. The number of aromatic nitrogens is 1. The SMILES string of the molecule is CCc1ccc(C(=O)N2CCN(C(=O)c3ccon3)CC2)cc1. The van der Waals surface area contributed by atoms with E-state index in [2.05, 4.69) is 12.1 Å². The molecule has 1 aromatic carbocycles. The molecule has 3 rings (SSSR count). The Morgan fingerprint density at radius 1 is 1.00 bits per heavy atom. The van der Waals surface area contributed by atoms with Crippen molar-refractivity contribution in [1.29, 1.82) is 0 Å². The van der Waals surface area contributed by atoms with E-state index >= 15 is 0 Å². The number of hydrogen-bond acceptors (Lipinski definition) is 4. The minimum absolute atomic E-state index is 0.0150. The number of amides is 2. The number of piperazine rings is 1. The topological polar surface area (TPSA) is 66.7 Å². The van der Waals surface area contributed by atoms with Gasteiger partial charge in [-0.2, -0.15) is 0 Å². The van der Waals surface area contributed by atoms with E-state index in [9.17, 15) is 9.59 Å². The van der Waals surface area contributed by atoms with Gasteiger partial charge in [0, 0.05) is 37.8 Å². The molecular weight excluding hydrogens is 294 g/mol. The third kappa shape index (κ3) is 3.26. The van der Waals surface area contributed by atoms with Crippen LogP contribution in [-0.4, -0.2) is 52.9 Å². The van der Waals surface area contributed by atoms with Gasteiger partial charge in [-0.15, -0.1) is 0 Å². The van der Waals surface area contributed by atoms with Crippen LogP contribution in [0.5, 0.6) is 0 Å². The molecule has 0 spiro atoms. The molecule has 0 unspecified atom stereocenters. The van der Waals surface area contributed by atoms with Gasteiger partial charge in [-0.05, 0) is 24.1 Å². The number of benzene rings is 1. The second kappa shape index (κ2) is 6.64. The van der Waals surface area contributed by atoms with Gasteiger partial charge in [0.05, 0.1) is 0 Å². The molecule has 120 valence electrons. The zero-order valence-corrected chi connectivity index (χ0v) is 13.1. The summed E-state index contributed by atoms with van der Waals surface area (Å²) in [5, 5.41) is 3.66. The van der Waals surface area contributed by atoms with Gasteiger partial charge in [0.15, 0.2) is 5.69 Å². The maximum Gasteiger partial charge on any atom is 0.276 e.